The number of rotatable bonds is 3. The number of fused-ring (bicyclic) bond motifs is 3. The molecule has 1 aromatic carbocycles. The van der Waals surface area contributed by atoms with Crippen LogP contribution in [0.1, 0.15) is 28.9 Å². The fraction of sp³-hybridized carbons (Fsp3) is 0.500. The van der Waals surface area contributed by atoms with Crippen molar-refractivity contribution < 1.29 is 49.0 Å². The Kier molecular flexibility index (Phi) is 4.65. The average Bonchev–Trinajstić information content (AvgIpc) is 2.58. The smallest absolute Gasteiger partial charge is 0.339 e. The van der Waals surface area contributed by atoms with Crippen LogP contribution in [0.3, 0.4) is 0 Å². The van der Waals surface area contributed by atoms with Crippen LogP contribution in [-0.4, -0.2) is 70.5 Å². The molecule has 5 unspecified atom stereocenters. The number of hydrogen-bond donors (Lipinski definition) is 4. The molecular weight excluding hydrogens is 352 g/mol. The zero-order valence-electron chi connectivity index (χ0n) is 13.9. The van der Waals surface area contributed by atoms with Crippen LogP contribution in [0.25, 0.3) is 0 Å². The minimum Gasteiger partial charge on any atom is -0.504 e. The minimum absolute atomic E-state index is 0.0559. The van der Waals surface area contributed by atoms with Crippen LogP contribution in [0.15, 0.2) is 6.07 Å². The third-order valence-corrected chi connectivity index (χ3v) is 4.36. The van der Waals surface area contributed by atoms with E-state index in [0.29, 0.717) is 0 Å². The molecule has 4 N–H and O–H groups in total. The maximum atomic E-state index is 12.2. The first-order valence-electron chi connectivity index (χ1n) is 7.75. The van der Waals surface area contributed by atoms with Crippen LogP contribution in [-0.2, 0) is 19.0 Å². The molecule has 26 heavy (non-hydrogen) atoms. The van der Waals surface area contributed by atoms with Crippen molar-refractivity contribution >= 4 is 11.9 Å². The first kappa shape index (κ1) is 18.2. The Morgan fingerprint density at radius 3 is 2.58 bits per heavy atom. The molecule has 5 atom stereocenters. The topological polar surface area (TPSA) is 152 Å². The minimum atomic E-state index is -1.55. The highest BCUT2D eigenvalue weighted by molar-refractivity contribution is 5.95. The summed E-state index contributed by atoms with van der Waals surface area (Å²) < 4.78 is 20.5. The maximum Gasteiger partial charge on any atom is 0.339 e. The predicted octanol–water partition coefficient (Wildman–Crippen LogP) is -0.630. The van der Waals surface area contributed by atoms with Gasteiger partial charge in [0.2, 0.25) is 5.75 Å². The lowest BCUT2D eigenvalue weighted by atomic mass is 9.86. The Hall–Kier alpha value is -2.56. The van der Waals surface area contributed by atoms with Gasteiger partial charge in [0.15, 0.2) is 17.6 Å². The molecule has 2 heterocycles. The van der Waals surface area contributed by atoms with Crippen molar-refractivity contribution in [2.45, 2.75) is 37.4 Å². The molecule has 10 heteroatoms. The highest BCUT2D eigenvalue weighted by Crippen LogP contribution is 2.49. The summed E-state index contributed by atoms with van der Waals surface area (Å²) in [4.78, 5) is 23.2. The first-order valence-corrected chi connectivity index (χ1v) is 7.75. The molecule has 2 aliphatic rings. The maximum absolute atomic E-state index is 12.2. The number of ether oxygens (including phenoxy) is 4. The summed E-state index contributed by atoms with van der Waals surface area (Å²) in [6.07, 6.45) is -6.65. The van der Waals surface area contributed by atoms with Gasteiger partial charge < -0.3 is 39.4 Å². The van der Waals surface area contributed by atoms with Crippen LogP contribution < -0.4 is 4.74 Å². The molecule has 3 rings (SSSR count). The van der Waals surface area contributed by atoms with Gasteiger partial charge in [0.25, 0.3) is 0 Å². The molecule has 0 aliphatic carbocycles. The molecule has 0 bridgehead atoms. The summed E-state index contributed by atoms with van der Waals surface area (Å²) in [6.45, 7) is 0.821. The van der Waals surface area contributed by atoms with Gasteiger partial charge in [-0.2, -0.15) is 0 Å². The Balaban J connectivity index is 2.04. The van der Waals surface area contributed by atoms with E-state index in [1.807, 2.05) is 0 Å². The molecule has 0 radical (unpaired) electrons. The summed E-state index contributed by atoms with van der Waals surface area (Å²) in [5.74, 6) is -2.83. The summed E-state index contributed by atoms with van der Waals surface area (Å²) in [6, 6.07) is 1.05. The largest absolute Gasteiger partial charge is 0.504 e. The van der Waals surface area contributed by atoms with Gasteiger partial charge >= 0.3 is 11.9 Å². The predicted molar refractivity (Wildman–Crippen MR) is 81.8 cm³/mol. The van der Waals surface area contributed by atoms with E-state index in [0.717, 1.165) is 6.07 Å². The number of esters is 2. The van der Waals surface area contributed by atoms with E-state index < -0.39 is 54.0 Å². The van der Waals surface area contributed by atoms with E-state index in [4.69, 9.17) is 18.9 Å². The number of aliphatic hydroxyl groups excluding tert-OH is 2. The van der Waals surface area contributed by atoms with Crippen molar-refractivity contribution in [3.63, 3.8) is 0 Å². The number of carbonyl (C=O) groups excluding carboxylic acids is 2. The zero-order valence-corrected chi connectivity index (χ0v) is 13.9. The summed E-state index contributed by atoms with van der Waals surface area (Å²) in [7, 11) is 1.21. The van der Waals surface area contributed by atoms with E-state index in [-0.39, 0.29) is 23.5 Å². The Morgan fingerprint density at radius 2 is 1.96 bits per heavy atom. The molecule has 1 saturated heterocycles. The van der Waals surface area contributed by atoms with Crippen molar-refractivity contribution in [1.82, 2.24) is 0 Å². The summed E-state index contributed by atoms with van der Waals surface area (Å²) >= 11 is 0. The molecule has 0 spiro atoms. The highest BCUT2D eigenvalue weighted by atomic mass is 16.6. The number of phenolic OH excluding ortho intramolecular Hbond substituents is 2. The Morgan fingerprint density at radius 1 is 1.27 bits per heavy atom. The van der Waals surface area contributed by atoms with Crippen LogP contribution in [0.5, 0.6) is 17.2 Å². The van der Waals surface area contributed by atoms with E-state index in [9.17, 15) is 30.0 Å². The van der Waals surface area contributed by atoms with Gasteiger partial charge in [-0.15, -0.1) is 0 Å². The number of methoxy groups -OCH3 is 1. The molecule has 1 fully saturated rings. The third-order valence-electron chi connectivity index (χ3n) is 4.36. The number of benzene rings is 1. The second kappa shape index (κ2) is 6.63. The molecule has 0 amide bonds. The quantitative estimate of drug-likeness (QED) is 0.506. The number of phenols is 2. The molecule has 1 aromatic rings. The van der Waals surface area contributed by atoms with Crippen molar-refractivity contribution in [3.05, 3.63) is 17.2 Å². The zero-order chi connectivity index (χ0) is 19.2. The number of hydrogen-bond acceptors (Lipinski definition) is 10. The summed E-state index contributed by atoms with van der Waals surface area (Å²) in [5.41, 5.74) is -0.225. The lowest BCUT2D eigenvalue weighted by Crippen LogP contribution is -2.58. The highest BCUT2D eigenvalue weighted by Gasteiger charge is 2.52. The van der Waals surface area contributed by atoms with E-state index in [1.165, 1.54) is 14.0 Å². The average molecular weight is 370 g/mol. The second-order valence-corrected chi connectivity index (χ2v) is 5.99. The molecule has 0 aromatic heterocycles. The summed E-state index contributed by atoms with van der Waals surface area (Å²) in [5, 5.41) is 40.8. The van der Waals surface area contributed by atoms with Crippen LogP contribution in [0, 0.1) is 0 Å². The van der Waals surface area contributed by atoms with Crippen molar-refractivity contribution in [2.24, 2.45) is 0 Å². The molecule has 2 aliphatic heterocycles. The molecule has 0 saturated carbocycles. The monoisotopic (exact) mass is 370 g/mol. The van der Waals surface area contributed by atoms with E-state index in [2.05, 4.69) is 0 Å². The van der Waals surface area contributed by atoms with Crippen molar-refractivity contribution in [2.75, 3.05) is 13.7 Å². The van der Waals surface area contributed by atoms with E-state index >= 15 is 0 Å². The van der Waals surface area contributed by atoms with Crippen LogP contribution >= 0.6 is 0 Å². The Labute approximate surface area is 147 Å². The van der Waals surface area contributed by atoms with Gasteiger partial charge in [0.05, 0.1) is 12.7 Å². The lowest BCUT2D eigenvalue weighted by molar-refractivity contribution is -0.237. The van der Waals surface area contributed by atoms with Gasteiger partial charge in [-0.25, -0.2) is 4.79 Å². The molecule has 10 nitrogen and oxygen atoms in total. The van der Waals surface area contributed by atoms with Crippen LogP contribution in [0.4, 0.5) is 0 Å². The standard InChI is InChI=1S/C16H18O10/c1-5(17)24-4-8-10(19)12(21)15-14(25-8)9-6(16(22)26-15)3-7(18)13(23-2)11(9)20/h3,8,10,12,14-15,18-21H,4H2,1-2H3. The number of carbonyl (C=O) groups is 2. The number of aliphatic hydroxyl groups is 2. The lowest BCUT2D eigenvalue weighted by Gasteiger charge is -2.44. The Bertz CT molecular complexity index is 745. The first-order chi connectivity index (χ1) is 12.3. The molecule has 142 valence electrons. The number of aromatic hydroxyl groups is 2. The second-order valence-electron chi connectivity index (χ2n) is 5.99. The van der Waals surface area contributed by atoms with Gasteiger partial charge in [0, 0.05) is 12.5 Å². The van der Waals surface area contributed by atoms with Gasteiger partial charge in [-0.05, 0) is 6.07 Å². The fourth-order valence-corrected chi connectivity index (χ4v) is 3.14. The van der Waals surface area contributed by atoms with Crippen LogP contribution in [0.2, 0.25) is 0 Å². The van der Waals surface area contributed by atoms with Crippen molar-refractivity contribution in [1.29, 1.82) is 0 Å². The molecular formula is C16H18O10. The SMILES string of the molecule is COc1c(O)cc2c(c1O)C1OC(COC(C)=O)C(O)C(O)C1OC2=O. The fourth-order valence-electron chi connectivity index (χ4n) is 3.14. The third kappa shape index (κ3) is 2.81. The van der Waals surface area contributed by atoms with E-state index in [1.54, 1.807) is 0 Å². The van der Waals surface area contributed by atoms with Gasteiger partial charge in [-0.3, -0.25) is 4.79 Å². The van der Waals surface area contributed by atoms with Gasteiger partial charge in [0.1, 0.15) is 31.0 Å². The van der Waals surface area contributed by atoms with Crippen molar-refractivity contribution in [3.8, 4) is 17.2 Å². The normalized spacial score (nSPS) is 30.0. The van der Waals surface area contributed by atoms with Gasteiger partial charge in [-0.1, -0.05) is 0 Å².